The van der Waals surface area contributed by atoms with Crippen molar-refractivity contribution in [3.05, 3.63) is 24.5 Å². The maximum Gasteiger partial charge on any atom is 0.139 e. The van der Waals surface area contributed by atoms with E-state index in [1.54, 1.807) is 6.33 Å². The van der Waals surface area contributed by atoms with E-state index in [0.29, 0.717) is 0 Å². The summed E-state index contributed by atoms with van der Waals surface area (Å²) < 4.78 is 0. The molecule has 1 aliphatic rings. The molecule has 1 atom stereocenters. The molecule has 0 saturated carbocycles. The first-order valence-electron chi connectivity index (χ1n) is 7.90. The van der Waals surface area contributed by atoms with E-state index in [0.717, 1.165) is 47.3 Å². The number of hydrogen-bond donors (Lipinski definition) is 1. The number of anilines is 2. The quantitative estimate of drug-likeness (QED) is 0.858. The highest BCUT2D eigenvalue weighted by Gasteiger charge is 2.21. The number of nitrogen functional groups attached to an aromatic ring is 1. The average Bonchev–Trinajstić information content (AvgIpc) is 2.72. The molecule has 21 heavy (non-hydrogen) atoms. The van der Waals surface area contributed by atoms with Gasteiger partial charge in [0.1, 0.15) is 12.1 Å². The van der Waals surface area contributed by atoms with Crippen LogP contribution in [-0.4, -0.2) is 23.1 Å². The minimum atomic E-state index is 0.753. The fourth-order valence-electron chi connectivity index (χ4n) is 3.31. The van der Waals surface area contributed by atoms with Gasteiger partial charge < -0.3 is 10.6 Å². The van der Waals surface area contributed by atoms with E-state index >= 15 is 0 Å². The Morgan fingerprint density at radius 2 is 2.05 bits per heavy atom. The molecule has 1 aromatic carbocycles. The summed E-state index contributed by atoms with van der Waals surface area (Å²) in [6.45, 7) is 6.84. The zero-order chi connectivity index (χ0) is 14.8. The fourth-order valence-corrected chi connectivity index (χ4v) is 3.31. The van der Waals surface area contributed by atoms with E-state index in [1.165, 1.54) is 19.3 Å². The van der Waals surface area contributed by atoms with Gasteiger partial charge in [-0.2, -0.15) is 0 Å². The molecule has 4 nitrogen and oxygen atoms in total. The summed E-state index contributed by atoms with van der Waals surface area (Å²) in [6, 6.07) is 5.91. The van der Waals surface area contributed by atoms with Crippen LogP contribution >= 0.6 is 0 Å². The van der Waals surface area contributed by atoms with Gasteiger partial charge >= 0.3 is 0 Å². The van der Waals surface area contributed by atoms with Gasteiger partial charge in [-0.15, -0.1) is 0 Å². The first-order chi connectivity index (χ1) is 10.1. The SMILES string of the molecule is CC(C)C1CCCN(c2ncnc3cc(N)ccc23)CC1. The van der Waals surface area contributed by atoms with Crippen molar-refractivity contribution < 1.29 is 0 Å². The Hall–Kier alpha value is -1.84. The monoisotopic (exact) mass is 284 g/mol. The smallest absolute Gasteiger partial charge is 0.139 e. The van der Waals surface area contributed by atoms with Crippen LogP contribution in [0.3, 0.4) is 0 Å². The summed E-state index contributed by atoms with van der Waals surface area (Å²) in [5.41, 5.74) is 7.54. The number of hydrogen-bond acceptors (Lipinski definition) is 4. The molecule has 0 amide bonds. The Morgan fingerprint density at radius 3 is 2.86 bits per heavy atom. The van der Waals surface area contributed by atoms with Gasteiger partial charge in [0, 0.05) is 24.2 Å². The summed E-state index contributed by atoms with van der Waals surface area (Å²) >= 11 is 0. The lowest BCUT2D eigenvalue weighted by Crippen LogP contribution is -2.25. The zero-order valence-corrected chi connectivity index (χ0v) is 12.9. The number of rotatable bonds is 2. The van der Waals surface area contributed by atoms with Crippen LogP contribution in [0.5, 0.6) is 0 Å². The van der Waals surface area contributed by atoms with Gasteiger partial charge in [0.2, 0.25) is 0 Å². The first kappa shape index (κ1) is 14.1. The predicted octanol–water partition coefficient (Wildman–Crippen LogP) is 3.47. The van der Waals surface area contributed by atoms with E-state index in [9.17, 15) is 0 Å². The molecule has 112 valence electrons. The van der Waals surface area contributed by atoms with Crippen LogP contribution in [0.1, 0.15) is 33.1 Å². The highest BCUT2D eigenvalue weighted by atomic mass is 15.2. The molecule has 0 aliphatic carbocycles. The zero-order valence-electron chi connectivity index (χ0n) is 12.9. The second kappa shape index (κ2) is 5.88. The lowest BCUT2D eigenvalue weighted by molar-refractivity contribution is 0.351. The number of aromatic nitrogens is 2. The normalized spacial score (nSPS) is 20.0. The fraction of sp³-hybridized carbons (Fsp3) is 0.529. The van der Waals surface area contributed by atoms with Crippen LogP contribution < -0.4 is 10.6 Å². The third kappa shape index (κ3) is 2.94. The van der Waals surface area contributed by atoms with Crippen molar-refractivity contribution in [2.75, 3.05) is 23.7 Å². The topological polar surface area (TPSA) is 55.0 Å². The molecule has 2 aromatic rings. The molecule has 0 spiro atoms. The van der Waals surface area contributed by atoms with Crippen molar-refractivity contribution in [1.29, 1.82) is 0 Å². The van der Waals surface area contributed by atoms with Gasteiger partial charge in [0.25, 0.3) is 0 Å². The van der Waals surface area contributed by atoms with Gasteiger partial charge in [-0.05, 0) is 49.3 Å². The molecule has 3 rings (SSSR count). The van der Waals surface area contributed by atoms with Crippen LogP contribution in [0.2, 0.25) is 0 Å². The summed E-state index contributed by atoms with van der Waals surface area (Å²) in [5.74, 6) is 2.66. The standard InChI is InChI=1S/C17H24N4/c1-12(2)13-4-3-8-21(9-7-13)17-15-6-5-14(18)10-16(15)19-11-20-17/h5-6,10-13H,3-4,7-9,18H2,1-2H3. The van der Waals surface area contributed by atoms with Gasteiger partial charge in [-0.25, -0.2) is 9.97 Å². The van der Waals surface area contributed by atoms with Gasteiger partial charge in [-0.1, -0.05) is 13.8 Å². The van der Waals surface area contributed by atoms with Crippen molar-refractivity contribution in [2.45, 2.75) is 33.1 Å². The van der Waals surface area contributed by atoms with E-state index < -0.39 is 0 Å². The van der Waals surface area contributed by atoms with Crippen LogP contribution in [-0.2, 0) is 0 Å². The minimum absolute atomic E-state index is 0.753. The molecule has 0 bridgehead atoms. The average molecular weight is 284 g/mol. The Morgan fingerprint density at radius 1 is 1.19 bits per heavy atom. The number of nitrogens with zero attached hydrogens (tertiary/aromatic N) is 3. The molecule has 2 heterocycles. The van der Waals surface area contributed by atoms with E-state index in [2.05, 4.69) is 28.7 Å². The Bertz CT molecular complexity index is 623. The third-order valence-corrected chi connectivity index (χ3v) is 4.65. The van der Waals surface area contributed by atoms with Crippen LogP contribution in [0.25, 0.3) is 10.9 Å². The van der Waals surface area contributed by atoms with Crippen LogP contribution in [0, 0.1) is 11.8 Å². The molecule has 1 saturated heterocycles. The molecule has 2 N–H and O–H groups in total. The maximum absolute atomic E-state index is 5.85. The maximum atomic E-state index is 5.85. The van der Waals surface area contributed by atoms with Gasteiger partial charge in [-0.3, -0.25) is 0 Å². The van der Waals surface area contributed by atoms with Crippen molar-refractivity contribution in [2.24, 2.45) is 11.8 Å². The van der Waals surface area contributed by atoms with E-state index in [-0.39, 0.29) is 0 Å². The number of fused-ring (bicyclic) bond motifs is 1. The summed E-state index contributed by atoms with van der Waals surface area (Å²) in [6.07, 6.45) is 5.47. The molecule has 0 radical (unpaired) electrons. The minimum Gasteiger partial charge on any atom is -0.399 e. The van der Waals surface area contributed by atoms with Crippen molar-refractivity contribution in [3.63, 3.8) is 0 Å². The third-order valence-electron chi connectivity index (χ3n) is 4.65. The first-order valence-corrected chi connectivity index (χ1v) is 7.90. The molecule has 1 aromatic heterocycles. The molecular weight excluding hydrogens is 260 g/mol. The molecule has 4 heteroatoms. The lowest BCUT2D eigenvalue weighted by Gasteiger charge is -2.23. The lowest BCUT2D eigenvalue weighted by atomic mass is 9.89. The second-order valence-electron chi connectivity index (χ2n) is 6.40. The molecular formula is C17H24N4. The van der Waals surface area contributed by atoms with Crippen LogP contribution in [0.4, 0.5) is 11.5 Å². The van der Waals surface area contributed by atoms with Crippen LogP contribution in [0.15, 0.2) is 24.5 Å². The van der Waals surface area contributed by atoms with Crippen molar-refractivity contribution >= 4 is 22.4 Å². The summed E-state index contributed by atoms with van der Waals surface area (Å²) in [4.78, 5) is 11.3. The largest absolute Gasteiger partial charge is 0.399 e. The molecule has 1 aliphatic heterocycles. The number of benzene rings is 1. The highest BCUT2D eigenvalue weighted by molar-refractivity contribution is 5.91. The van der Waals surface area contributed by atoms with Gasteiger partial charge in [0.15, 0.2) is 0 Å². The van der Waals surface area contributed by atoms with E-state index in [1.807, 2.05) is 18.2 Å². The van der Waals surface area contributed by atoms with Crippen molar-refractivity contribution in [1.82, 2.24) is 9.97 Å². The van der Waals surface area contributed by atoms with Gasteiger partial charge in [0.05, 0.1) is 5.52 Å². The number of nitrogens with two attached hydrogens (primary N) is 1. The summed E-state index contributed by atoms with van der Waals surface area (Å²) in [5, 5.41) is 1.11. The van der Waals surface area contributed by atoms with Crippen molar-refractivity contribution in [3.8, 4) is 0 Å². The molecule has 1 unspecified atom stereocenters. The Kier molecular flexibility index (Phi) is 3.95. The predicted molar refractivity (Wildman–Crippen MR) is 88.3 cm³/mol. The summed E-state index contributed by atoms with van der Waals surface area (Å²) in [7, 11) is 0. The van der Waals surface area contributed by atoms with E-state index in [4.69, 9.17) is 5.73 Å². The highest BCUT2D eigenvalue weighted by Crippen LogP contribution is 2.30. The second-order valence-corrected chi connectivity index (χ2v) is 6.40. The Labute approximate surface area is 126 Å². The Balaban J connectivity index is 1.90. The molecule has 1 fully saturated rings.